The van der Waals surface area contributed by atoms with Gasteiger partial charge in [-0.15, -0.1) is 11.3 Å². The molecule has 0 saturated carbocycles. The fourth-order valence-corrected chi connectivity index (χ4v) is 2.30. The van der Waals surface area contributed by atoms with Crippen LogP contribution in [0.1, 0.15) is 19.0 Å². The topological polar surface area (TPSA) is 16.8 Å². The van der Waals surface area contributed by atoms with E-state index in [0.717, 1.165) is 17.2 Å². The van der Waals surface area contributed by atoms with Crippen molar-refractivity contribution in [3.05, 3.63) is 35.6 Å². The molecule has 78 valence electrons. The predicted molar refractivity (Wildman–Crippen MR) is 62.8 cm³/mol. The molecule has 0 atom stereocenters. The van der Waals surface area contributed by atoms with Gasteiger partial charge >= 0.3 is 0 Å². The van der Waals surface area contributed by atoms with Crippen LogP contribution in [0.5, 0.6) is 0 Å². The van der Waals surface area contributed by atoms with Crippen molar-refractivity contribution in [2.45, 2.75) is 26.8 Å². The first-order chi connectivity index (χ1) is 7.29. The smallest absolute Gasteiger partial charge is 0.169 e. The molecule has 0 bridgehead atoms. The number of nitrogens with zero attached hydrogens (tertiary/aromatic N) is 2. The SMILES string of the molecule is CCC[n+]1ccc(-c2nc(C)cs2)cc1. The summed E-state index contributed by atoms with van der Waals surface area (Å²) in [5, 5.41) is 3.19. The Balaban J connectivity index is 2.23. The third-order valence-corrected chi connectivity index (χ3v) is 3.25. The molecule has 0 radical (unpaired) electrons. The zero-order valence-electron chi connectivity index (χ0n) is 9.10. The highest BCUT2D eigenvalue weighted by molar-refractivity contribution is 7.13. The van der Waals surface area contributed by atoms with Gasteiger partial charge < -0.3 is 0 Å². The molecule has 0 amide bonds. The lowest BCUT2D eigenvalue weighted by Gasteiger charge is -1.95. The molecule has 0 spiro atoms. The Labute approximate surface area is 94.2 Å². The third-order valence-electron chi connectivity index (χ3n) is 2.24. The summed E-state index contributed by atoms with van der Waals surface area (Å²) >= 11 is 1.70. The third kappa shape index (κ3) is 2.42. The van der Waals surface area contributed by atoms with Crippen LogP contribution in [0.2, 0.25) is 0 Å². The minimum Gasteiger partial charge on any atom is -0.241 e. The molecule has 0 saturated heterocycles. The van der Waals surface area contributed by atoms with Crippen LogP contribution in [0, 0.1) is 6.92 Å². The molecule has 15 heavy (non-hydrogen) atoms. The van der Waals surface area contributed by atoms with E-state index in [1.165, 1.54) is 12.0 Å². The lowest BCUT2D eigenvalue weighted by molar-refractivity contribution is -0.696. The number of hydrogen-bond acceptors (Lipinski definition) is 2. The molecule has 0 N–H and O–H groups in total. The second kappa shape index (κ2) is 4.53. The maximum Gasteiger partial charge on any atom is 0.169 e. The van der Waals surface area contributed by atoms with Gasteiger partial charge in [0.25, 0.3) is 0 Å². The summed E-state index contributed by atoms with van der Waals surface area (Å²) in [6.45, 7) is 5.29. The lowest BCUT2D eigenvalue weighted by atomic mass is 10.3. The highest BCUT2D eigenvalue weighted by Crippen LogP contribution is 2.21. The molecule has 2 heterocycles. The molecule has 2 rings (SSSR count). The zero-order chi connectivity index (χ0) is 10.7. The Morgan fingerprint density at radius 1 is 1.33 bits per heavy atom. The second-order valence-electron chi connectivity index (χ2n) is 3.62. The van der Waals surface area contributed by atoms with Gasteiger partial charge in [-0.3, -0.25) is 0 Å². The van der Waals surface area contributed by atoms with E-state index in [0.29, 0.717) is 0 Å². The van der Waals surface area contributed by atoms with Gasteiger partial charge in [0.05, 0.1) is 0 Å². The second-order valence-corrected chi connectivity index (χ2v) is 4.48. The molecule has 0 aliphatic heterocycles. The Kier molecular flexibility index (Phi) is 3.11. The van der Waals surface area contributed by atoms with Crippen molar-refractivity contribution in [1.82, 2.24) is 4.98 Å². The molecule has 3 heteroatoms. The summed E-state index contributed by atoms with van der Waals surface area (Å²) in [6, 6.07) is 4.27. The average molecular weight is 219 g/mol. The summed E-state index contributed by atoms with van der Waals surface area (Å²) < 4.78 is 2.20. The molecule has 2 aromatic rings. The van der Waals surface area contributed by atoms with Crippen LogP contribution in [0.3, 0.4) is 0 Å². The number of rotatable bonds is 3. The first-order valence-electron chi connectivity index (χ1n) is 5.21. The molecule has 0 fully saturated rings. The van der Waals surface area contributed by atoms with Crippen molar-refractivity contribution < 1.29 is 4.57 Å². The van der Waals surface area contributed by atoms with Gasteiger partial charge in [-0.1, -0.05) is 6.92 Å². The Hall–Kier alpha value is -1.22. The van der Waals surface area contributed by atoms with E-state index in [-0.39, 0.29) is 0 Å². The van der Waals surface area contributed by atoms with E-state index < -0.39 is 0 Å². The fourth-order valence-electron chi connectivity index (χ4n) is 1.49. The maximum absolute atomic E-state index is 4.47. The van der Waals surface area contributed by atoms with Gasteiger partial charge in [0.2, 0.25) is 0 Å². The molecule has 0 aromatic carbocycles. The summed E-state index contributed by atoms with van der Waals surface area (Å²) in [5.74, 6) is 0. The van der Waals surface area contributed by atoms with E-state index in [1.807, 2.05) is 6.92 Å². The van der Waals surface area contributed by atoms with Crippen molar-refractivity contribution in [1.29, 1.82) is 0 Å². The minimum absolute atomic E-state index is 1.08. The van der Waals surface area contributed by atoms with E-state index in [2.05, 4.69) is 46.4 Å². The number of hydrogen-bond donors (Lipinski definition) is 0. The normalized spacial score (nSPS) is 10.5. The predicted octanol–water partition coefficient (Wildman–Crippen LogP) is 2.82. The van der Waals surface area contributed by atoms with E-state index in [4.69, 9.17) is 0 Å². The fraction of sp³-hybridized carbons (Fsp3) is 0.333. The minimum atomic E-state index is 1.08. The standard InChI is InChI=1S/C12H15N2S/c1-3-6-14-7-4-11(5-8-14)12-13-10(2)9-15-12/h4-5,7-9H,3,6H2,1-2H3/q+1. The number of pyridine rings is 1. The Morgan fingerprint density at radius 3 is 2.60 bits per heavy atom. The van der Waals surface area contributed by atoms with Gasteiger partial charge in [-0.25, -0.2) is 9.55 Å². The molecular formula is C12H15N2S+. The van der Waals surface area contributed by atoms with Crippen LogP contribution in [0.15, 0.2) is 29.9 Å². The summed E-state index contributed by atoms with van der Waals surface area (Å²) in [6.07, 6.45) is 5.41. The van der Waals surface area contributed by atoms with Gasteiger partial charge in [-0.05, 0) is 6.92 Å². The molecule has 0 aliphatic rings. The zero-order valence-corrected chi connectivity index (χ0v) is 9.92. The number of aromatic nitrogens is 2. The van der Waals surface area contributed by atoms with Gasteiger partial charge in [0.1, 0.15) is 11.6 Å². The number of thiazole rings is 1. The van der Waals surface area contributed by atoms with Crippen LogP contribution >= 0.6 is 11.3 Å². The van der Waals surface area contributed by atoms with Gasteiger partial charge in [0, 0.05) is 35.2 Å². The summed E-state index contributed by atoms with van der Waals surface area (Å²) in [5.41, 5.74) is 2.31. The van der Waals surface area contributed by atoms with Crippen LogP contribution in [-0.2, 0) is 6.54 Å². The van der Waals surface area contributed by atoms with Crippen LogP contribution in [0.4, 0.5) is 0 Å². The van der Waals surface area contributed by atoms with Crippen LogP contribution < -0.4 is 4.57 Å². The highest BCUT2D eigenvalue weighted by Gasteiger charge is 2.04. The quantitative estimate of drug-likeness (QED) is 0.725. The first-order valence-corrected chi connectivity index (χ1v) is 6.09. The van der Waals surface area contributed by atoms with Gasteiger partial charge in [-0.2, -0.15) is 0 Å². The van der Waals surface area contributed by atoms with Crippen LogP contribution in [0.25, 0.3) is 10.6 Å². The van der Waals surface area contributed by atoms with E-state index in [9.17, 15) is 0 Å². The lowest BCUT2D eigenvalue weighted by Crippen LogP contribution is -2.31. The van der Waals surface area contributed by atoms with Crippen molar-refractivity contribution >= 4 is 11.3 Å². The maximum atomic E-state index is 4.47. The molecule has 0 aliphatic carbocycles. The molecule has 2 aromatic heterocycles. The number of aryl methyl sites for hydroxylation is 2. The van der Waals surface area contributed by atoms with Crippen molar-refractivity contribution in [2.75, 3.05) is 0 Å². The monoisotopic (exact) mass is 219 g/mol. The van der Waals surface area contributed by atoms with Crippen molar-refractivity contribution in [2.24, 2.45) is 0 Å². The van der Waals surface area contributed by atoms with E-state index in [1.54, 1.807) is 11.3 Å². The largest absolute Gasteiger partial charge is 0.241 e. The summed E-state index contributed by atoms with van der Waals surface area (Å²) in [4.78, 5) is 4.47. The first kappa shape index (κ1) is 10.3. The van der Waals surface area contributed by atoms with Crippen molar-refractivity contribution in [3.63, 3.8) is 0 Å². The summed E-state index contributed by atoms with van der Waals surface area (Å²) in [7, 11) is 0. The van der Waals surface area contributed by atoms with Gasteiger partial charge in [0.15, 0.2) is 12.4 Å². The molecule has 0 unspecified atom stereocenters. The van der Waals surface area contributed by atoms with Crippen molar-refractivity contribution in [3.8, 4) is 10.6 Å². The highest BCUT2D eigenvalue weighted by atomic mass is 32.1. The molecular weight excluding hydrogens is 204 g/mol. The average Bonchev–Trinajstić information content (AvgIpc) is 2.67. The Morgan fingerprint density at radius 2 is 2.07 bits per heavy atom. The molecule has 2 nitrogen and oxygen atoms in total. The van der Waals surface area contributed by atoms with Crippen LogP contribution in [-0.4, -0.2) is 4.98 Å². The van der Waals surface area contributed by atoms with E-state index >= 15 is 0 Å². The Bertz CT molecular complexity index is 431.